The van der Waals surface area contributed by atoms with Crippen molar-refractivity contribution in [3.8, 4) is 5.88 Å². The molecule has 2 aromatic heterocycles. The molecule has 0 radical (unpaired) electrons. The first-order valence-electron chi connectivity index (χ1n) is 4.53. The number of aromatic nitrogens is 1. The zero-order chi connectivity index (χ0) is 10.7. The van der Waals surface area contributed by atoms with Crippen LogP contribution >= 0.6 is 15.9 Å². The van der Waals surface area contributed by atoms with Crippen molar-refractivity contribution in [1.82, 2.24) is 4.98 Å². The van der Waals surface area contributed by atoms with E-state index in [4.69, 9.17) is 9.15 Å². The van der Waals surface area contributed by atoms with Crippen LogP contribution in [0.3, 0.4) is 0 Å². The summed E-state index contributed by atoms with van der Waals surface area (Å²) in [6, 6.07) is 5.67. The van der Waals surface area contributed by atoms with E-state index in [1.54, 1.807) is 12.5 Å². The van der Waals surface area contributed by atoms with E-state index in [9.17, 15) is 0 Å². The normalized spacial score (nSPS) is 10.3. The Morgan fingerprint density at radius 3 is 3.07 bits per heavy atom. The molecular formula is C11H10BrNO2. The summed E-state index contributed by atoms with van der Waals surface area (Å²) in [5, 5.41) is 0. The monoisotopic (exact) mass is 267 g/mol. The van der Waals surface area contributed by atoms with Crippen molar-refractivity contribution in [1.29, 1.82) is 0 Å². The second kappa shape index (κ2) is 4.49. The average molecular weight is 268 g/mol. The predicted molar refractivity (Wildman–Crippen MR) is 59.7 cm³/mol. The zero-order valence-corrected chi connectivity index (χ0v) is 9.82. The summed E-state index contributed by atoms with van der Waals surface area (Å²) in [5.74, 6) is 1.42. The highest BCUT2D eigenvalue weighted by atomic mass is 79.9. The molecule has 0 spiro atoms. The fourth-order valence-corrected chi connectivity index (χ4v) is 1.66. The Bertz CT molecular complexity index is 440. The van der Waals surface area contributed by atoms with Crippen LogP contribution < -0.4 is 4.74 Å². The van der Waals surface area contributed by atoms with Gasteiger partial charge >= 0.3 is 0 Å². The molecule has 0 saturated carbocycles. The summed E-state index contributed by atoms with van der Waals surface area (Å²) in [6.07, 6.45) is 3.34. The van der Waals surface area contributed by atoms with E-state index in [-0.39, 0.29) is 0 Å². The highest BCUT2D eigenvalue weighted by Crippen LogP contribution is 2.19. The largest absolute Gasteiger partial charge is 0.469 e. The Kier molecular flexibility index (Phi) is 3.06. The third-order valence-corrected chi connectivity index (χ3v) is 2.36. The summed E-state index contributed by atoms with van der Waals surface area (Å²) >= 11 is 3.35. The zero-order valence-electron chi connectivity index (χ0n) is 8.24. The van der Waals surface area contributed by atoms with Gasteiger partial charge < -0.3 is 9.15 Å². The van der Waals surface area contributed by atoms with Crippen molar-refractivity contribution in [3.63, 3.8) is 0 Å². The van der Waals surface area contributed by atoms with Gasteiger partial charge in [0.05, 0.1) is 6.26 Å². The van der Waals surface area contributed by atoms with E-state index < -0.39 is 0 Å². The summed E-state index contributed by atoms with van der Waals surface area (Å²) in [4.78, 5) is 4.17. The molecule has 0 fully saturated rings. The van der Waals surface area contributed by atoms with Crippen LogP contribution in [0.2, 0.25) is 0 Å². The Balaban J connectivity index is 2.05. The van der Waals surface area contributed by atoms with Crippen LogP contribution in [-0.2, 0) is 6.61 Å². The second-order valence-electron chi connectivity index (χ2n) is 3.14. The lowest BCUT2D eigenvalue weighted by molar-refractivity contribution is 0.259. The molecule has 2 rings (SSSR count). The number of hydrogen-bond donors (Lipinski definition) is 0. The van der Waals surface area contributed by atoms with Gasteiger partial charge in [-0.2, -0.15) is 0 Å². The Morgan fingerprint density at radius 1 is 1.53 bits per heavy atom. The molecule has 2 heterocycles. The third-order valence-electron chi connectivity index (χ3n) is 1.93. The van der Waals surface area contributed by atoms with Crippen LogP contribution in [0.4, 0.5) is 0 Å². The maximum atomic E-state index is 5.51. The average Bonchev–Trinajstić information content (AvgIpc) is 2.69. The third kappa shape index (κ3) is 2.59. The van der Waals surface area contributed by atoms with Gasteiger partial charge in [0.2, 0.25) is 5.88 Å². The quantitative estimate of drug-likeness (QED) is 0.856. The van der Waals surface area contributed by atoms with Crippen molar-refractivity contribution in [2.24, 2.45) is 0 Å². The molecule has 0 aromatic carbocycles. The lowest BCUT2D eigenvalue weighted by Crippen LogP contribution is -1.97. The highest BCUT2D eigenvalue weighted by Gasteiger charge is 2.03. The molecule has 0 aliphatic rings. The van der Waals surface area contributed by atoms with E-state index in [1.165, 1.54) is 0 Å². The molecule has 3 nitrogen and oxygen atoms in total. The van der Waals surface area contributed by atoms with Gasteiger partial charge in [0.1, 0.15) is 12.4 Å². The SMILES string of the molecule is Cc1cc(Br)cnc1OCc1ccco1. The lowest BCUT2D eigenvalue weighted by atomic mass is 10.3. The van der Waals surface area contributed by atoms with Gasteiger partial charge in [0.15, 0.2) is 0 Å². The minimum Gasteiger partial charge on any atom is -0.469 e. The molecule has 78 valence electrons. The van der Waals surface area contributed by atoms with Gasteiger partial charge in [-0.1, -0.05) is 0 Å². The number of ether oxygens (including phenoxy) is 1. The van der Waals surface area contributed by atoms with Crippen molar-refractivity contribution < 1.29 is 9.15 Å². The Morgan fingerprint density at radius 2 is 2.40 bits per heavy atom. The number of hydrogen-bond acceptors (Lipinski definition) is 3. The first kappa shape index (κ1) is 10.2. The Labute approximate surface area is 96.2 Å². The molecule has 0 saturated heterocycles. The summed E-state index contributed by atoms with van der Waals surface area (Å²) < 4.78 is 11.6. The molecule has 15 heavy (non-hydrogen) atoms. The molecule has 0 bridgehead atoms. The van der Waals surface area contributed by atoms with Gasteiger partial charge in [-0.05, 0) is 41.1 Å². The fraction of sp³-hybridized carbons (Fsp3) is 0.182. The molecule has 0 N–H and O–H groups in total. The lowest BCUT2D eigenvalue weighted by Gasteiger charge is -2.06. The van der Waals surface area contributed by atoms with Crippen LogP contribution in [0.5, 0.6) is 5.88 Å². The van der Waals surface area contributed by atoms with Crippen LogP contribution in [0, 0.1) is 6.92 Å². The maximum Gasteiger partial charge on any atom is 0.216 e. The van der Waals surface area contributed by atoms with Gasteiger partial charge in [0, 0.05) is 16.2 Å². The highest BCUT2D eigenvalue weighted by molar-refractivity contribution is 9.10. The predicted octanol–water partition coefficient (Wildman–Crippen LogP) is 3.32. The number of halogens is 1. The molecule has 0 aliphatic carbocycles. The van der Waals surface area contributed by atoms with Crippen LogP contribution in [0.15, 0.2) is 39.5 Å². The van der Waals surface area contributed by atoms with Crippen molar-refractivity contribution in [2.75, 3.05) is 0 Å². The van der Waals surface area contributed by atoms with Gasteiger partial charge in [-0.3, -0.25) is 0 Å². The molecule has 2 aromatic rings. The second-order valence-corrected chi connectivity index (χ2v) is 4.06. The van der Waals surface area contributed by atoms with Gasteiger partial charge in [-0.15, -0.1) is 0 Å². The van der Waals surface area contributed by atoms with E-state index >= 15 is 0 Å². The Hall–Kier alpha value is -1.29. The molecule has 0 atom stereocenters. The van der Waals surface area contributed by atoms with Crippen molar-refractivity contribution >= 4 is 15.9 Å². The van der Waals surface area contributed by atoms with E-state index in [1.807, 2.05) is 25.1 Å². The molecule has 0 aliphatic heterocycles. The number of rotatable bonds is 3. The smallest absolute Gasteiger partial charge is 0.216 e. The summed E-state index contributed by atoms with van der Waals surface area (Å²) in [6.45, 7) is 2.36. The molecule has 0 amide bonds. The molecule has 4 heteroatoms. The number of pyridine rings is 1. The fourth-order valence-electron chi connectivity index (χ4n) is 1.21. The maximum absolute atomic E-state index is 5.51. The minimum atomic E-state index is 0.405. The van der Waals surface area contributed by atoms with E-state index in [2.05, 4.69) is 20.9 Å². The van der Waals surface area contributed by atoms with Crippen molar-refractivity contribution in [2.45, 2.75) is 13.5 Å². The number of furan rings is 1. The molecular weight excluding hydrogens is 258 g/mol. The van der Waals surface area contributed by atoms with Crippen LogP contribution in [0.1, 0.15) is 11.3 Å². The summed E-state index contributed by atoms with van der Waals surface area (Å²) in [5.41, 5.74) is 0.996. The van der Waals surface area contributed by atoms with Gasteiger partial charge in [0.25, 0.3) is 0 Å². The van der Waals surface area contributed by atoms with Gasteiger partial charge in [-0.25, -0.2) is 4.98 Å². The standard InChI is InChI=1S/C11H10BrNO2/c1-8-5-9(12)6-13-11(8)15-7-10-3-2-4-14-10/h2-6H,7H2,1H3. The van der Waals surface area contributed by atoms with Crippen molar-refractivity contribution in [3.05, 3.63) is 46.5 Å². The first-order chi connectivity index (χ1) is 7.25. The minimum absolute atomic E-state index is 0.405. The first-order valence-corrected chi connectivity index (χ1v) is 5.32. The number of nitrogens with zero attached hydrogens (tertiary/aromatic N) is 1. The van der Waals surface area contributed by atoms with E-state index in [0.29, 0.717) is 12.5 Å². The number of aryl methyl sites for hydroxylation is 1. The van der Waals surface area contributed by atoms with Crippen LogP contribution in [-0.4, -0.2) is 4.98 Å². The topological polar surface area (TPSA) is 35.3 Å². The van der Waals surface area contributed by atoms with E-state index in [0.717, 1.165) is 15.8 Å². The summed E-state index contributed by atoms with van der Waals surface area (Å²) in [7, 11) is 0. The van der Waals surface area contributed by atoms with Crippen LogP contribution in [0.25, 0.3) is 0 Å². The molecule has 0 unspecified atom stereocenters.